The number of benzene rings is 2. The van der Waals surface area contributed by atoms with Gasteiger partial charge in [0.15, 0.2) is 5.43 Å². The number of allylic oxidation sites excluding steroid dienone is 2. The Kier molecular flexibility index (Phi) is 3.72. The third kappa shape index (κ3) is 2.43. The van der Waals surface area contributed by atoms with Gasteiger partial charge < -0.3 is 0 Å². The summed E-state index contributed by atoms with van der Waals surface area (Å²) in [7, 11) is 0. The zero-order chi connectivity index (χ0) is 14.8. The third-order valence-corrected chi connectivity index (χ3v) is 4.76. The lowest BCUT2D eigenvalue weighted by Gasteiger charge is -2.09. The summed E-state index contributed by atoms with van der Waals surface area (Å²) in [4.78, 5) is 12.7. The van der Waals surface area contributed by atoms with E-state index in [1.165, 1.54) is 5.56 Å². The van der Waals surface area contributed by atoms with Crippen LogP contribution >= 0.6 is 11.3 Å². The monoisotopic (exact) mass is 292 g/mol. The van der Waals surface area contributed by atoms with Gasteiger partial charge in [-0.25, -0.2) is 0 Å². The highest BCUT2D eigenvalue weighted by Crippen LogP contribution is 2.27. The van der Waals surface area contributed by atoms with Gasteiger partial charge in [-0.3, -0.25) is 4.79 Å². The van der Waals surface area contributed by atoms with Crippen LogP contribution in [-0.2, 0) is 12.8 Å². The Morgan fingerprint density at radius 2 is 1.57 bits per heavy atom. The SMILES string of the molecule is C=CCc1cc2sc3ccccc3c(=O)c2cc1CC=C. The van der Waals surface area contributed by atoms with E-state index in [4.69, 9.17) is 0 Å². The van der Waals surface area contributed by atoms with Gasteiger partial charge in [0, 0.05) is 20.2 Å². The second-order valence-electron chi connectivity index (χ2n) is 5.03. The molecule has 0 amide bonds. The molecule has 2 heteroatoms. The third-order valence-electron chi connectivity index (χ3n) is 3.63. The number of fused-ring (bicyclic) bond motifs is 2. The fraction of sp³-hybridized carbons (Fsp3) is 0.105. The first-order valence-corrected chi connectivity index (χ1v) is 7.75. The van der Waals surface area contributed by atoms with Gasteiger partial charge >= 0.3 is 0 Å². The van der Waals surface area contributed by atoms with Crippen molar-refractivity contribution in [1.29, 1.82) is 0 Å². The standard InChI is InChI=1S/C19H16OS/c1-3-7-13-11-16-18(12-14(13)8-4-2)21-17-10-6-5-9-15(17)19(16)20/h3-6,9-12H,1-2,7-8H2. The molecule has 0 aliphatic rings. The quantitative estimate of drug-likeness (QED) is 0.495. The highest BCUT2D eigenvalue weighted by Gasteiger charge is 2.09. The fourth-order valence-corrected chi connectivity index (χ4v) is 3.74. The average Bonchev–Trinajstić information content (AvgIpc) is 2.49. The predicted molar refractivity (Wildman–Crippen MR) is 93.4 cm³/mol. The molecule has 104 valence electrons. The Labute approximate surface area is 127 Å². The van der Waals surface area contributed by atoms with Gasteiger partial charge in [-0.05, 0) is 48.2 Å². The van der Waals surface area contributed by atoms with Crippen molar-refractivity contribution in [1.82, 2.24) is 0 Å². The van der Waals surface area contributed by atoms with E-state index in [0.717, 1.165) is 38.6 Å². The highest BCUT2D eigenvalue weighted by molar-refractivity contribution is 7.24. The van der Waals surface area contributed by atoms with Crippen molar-refractivity contribution in [3.05, 3.63) is 83.1 Å². The first-order valence-electron chi connectivity index (χ1n) is 6.93. The molecule has 1 aromatic heterocycles. The number of hydrogen-bond donors (Lipinski definition) is 0. The minimum atomic E-state index is 0.120. The summed E-state index contributed by atoms with van der Waals surface area (Å²) in [5.41, 5.74) is 2.51. The van der Waals surface area contributed by atoms with Crippen molar-refractivity contribution >= 4 is 31.5 Å². The molecule has 3 aromatic rings. The van der Waals surface area contributed by atoms with Crippen LogP contribution in [0.1, 0.15) is 11.1 Å². The van der Waals surface area contributed by atoms with E-state index < -0.39 is 0 Å². The molecule has 0 saturated carbocycles. The Morgan fingerprint density at radius 1 is 0.905 bits per heavy atom. The number of rotatable bonds is 4. The van der Waals surface area contributed by atoms with Crippen LogP contribution in [0.5, 0.6) is 0 Å². The molecule has 1 heterocycles. The maximum atomic E-state index is 12.7. The van der Waals surface area contributed by atoms with E-state index in [-0.39, 0.29) is 5.43 Å². The Hall–Kier alpha value is -2.19. The summed E-state index contributed by atoms with van der Waals surface area (Å²) >= 11 is 1.67. The van der Waals surface area contributed by atoms with Gasteiger partial charge in [0.05, 0.1) is 0 Å². The van der Waals surface area contributed by atoms with Crippen LogP contribution in [-0.4, -0.2) is 0 Å². The van der Waals surface area contributed by atoms with Gasteiger partial charge in [0.25, 0.3) is 0 Å². The summed E-state index contributed by atoms with van der Waals surface area (Å²) in [6.45, 7) is 7.63. The molecule has 21 heavy (non-hydrogen) atoms. The predicted octanol–water partition coefficient (Wildman–Crippen LogP) is 4.87. The molecule has 0 saturated heterocycles. The van der Waals surface area contributed by atoms with E-state index in [2.05, 4.69) is 19.2 Å². The van der Waals surface area contributed by atoms with E-state index in [0.29, 0.717) is 0 Å². The lowest BCUT2D eigenvalue weighted by molar-refractivity contribution is 1.17. The van der Waals surface area contributed by atoms with Gasteiger partial charge in [0.2, 0.25) is 0 Å². The highest BCUT2D eigenvalue weighted by atomic mass is 32.1. The summed E-state index contributed by atoms with van der Waals surface area (Å²) < 4.78 is 2.08. The molecule has 0 unspecified atom stereocenters. The van der Waals surface area contributed by atoms with E-state index >= 15 is 0 Å². The van der Waals surface area contributed by atoms with Crippen LogP contribution in [0.4, 0.5) is 0 Å². The molecule has 1 nitrogen and oxygen atoms in total. The molecular weight excluding hydrogens is 276 g/mol. The van der Waals surface area contributed by atoms with Gasteiger partial charge in [-0.1, -0.05) is 24.3 Å². The van der Waals surface area contributed by atoms with Crippen LogP contribution in [0.2, 0.25) is 0 Å². The van der Waals surface area contributed by atoms with Crippen LogP contribution in [0, 0.1) is 0 Å². The first kappa shape index (κ1) is 13.8. The second kappa shape index (κ2) is 5.66. The molecule has 2 aromatic carbocycles. The molecular formula is C19H16OS. The van der Waals surface area contributed by atoms with E-state index in [1.54, 1.807) is 11.3 Å². The Morgan fingerprint density at radius 3 is 2.29 bits per heavy atom. The molecule has 0 radical (unpaired) electrons. The van der Waals surface area contributed by atoms with Crippen LogP contribution in [0.15, 0.2) is 66.5 Å². The van der Waals surface area contributed by atoms with Crippen molar-refractivity contribution in [2.24, 2.45) is 0 Å². The van der Waals surface area contributed by atoms with Crippen LogP contribution in [0.25, 0.3) is 20.2 Å². The Balaban J connectivity index is 2.39. The second-order valence-corrected chi connectivity index (χ2v) is 6.11. The van der Waals surface area contributed by atoms with Crippen molar-refractivity contribution in [2.45, 2.75) is 12.8 Å². The van der Waals surface area contributed by atoms with Crippen molar-refractivity contribution < 1.29 is 0 Å². The zero-order valence-corrected chi connectivity index (χ0v) is 12.6. The van der Waals surface area contributed by atoms with E-state index in [9.17, 15) is 4.79 Å². The summed E-state index contributed by atoms with van der Waals surface area (Å²) in [6.07, 6.45) is 5.36. The van der Waals surface area contributed by atoms with Gasteiger partial charge in [0.1, 0.15) is 0 Å². The molecule has 3 rings (SSSR count). The molecule has 0 atom stereocenters. The maximum Gasteiger partial charge on any atom is 0.195 e. The van der Waals surface area contributed by atoms with Crippen molar-refractivity contribution in [3.63, 3.8) is 0 Å². The maximum absolute atomic E-state index is 12.7. The van der Waals surface area contributed by atoms with Crippen LogP contribution < -0.4 is 5.43 Å². The minimum Gasteiger partial charge on any atom is -0.289 e. The summed E-state index contributed by atoms with van der Waals surface area (Å²) in [6, 6.07) is 12.0. The fourth-order valence-electron chi connectivity index (χ4n) is 2.63. The molecule has 0 bridgehead atoms. The van der Waals surface area contributed by atoms with E-state index in [1.807, 2.05) is 42.5 Å². The largest absolute Gasteiger partial charge is 0.289 e. The summed E-state index contributed by atoms with van der Waals surface area (Å²) in [5.74, 6) is 0. The molecule has 0 fully saturated rings. The van der Waals surface area contributed by atoms with Crippen molar-refractivity contribution in [3.8, 4) is 0 Å². The average molecular weight is 292 g/mol. The molecule has 0 aliphatic carbocycles. The van der Waals surface area contributed by atoms with Crippen molar-refractivity contribution in [2.75, 3.05) is 0 Å². The first-order chi connectivity index (χ1) is 10.2. The lowest BCUT2D eigenvalue weighted by atomic mass is 9.99. The van der Waals surface area contributed by atoms with Crippen LogP contribution in [0.3, 0.4) is 0 Å². The lowest BCUT2D eigenvalue weighted by Crippen LogP contribution is -2.03. The van der Waals surface area contributed by atoms with Gasteiger partial charge in [-0.2, -0.15) is 0 Å². The Bertz CT molecular complexity index is 902. The molecule has 0 N–H and O–H groups in total. The summed E-state index contributed by atoms with van der Waals surface area (Å²) in [5, 5.41) is 1.61. The normalized spacial score (nSPS) is 10.9. The topological polar surface area (TPSA) is 17.1 Å². The smallest absolute Gasteiger partial charge is 0.195 e. The molecule has 0 spiro atoms. The molecule has 0 aliphatic heterocycles. The number of hydrogen-bond acceptors (Lipinski definition) is 2. The minimum absolute atomic E-state index is 0.120. The van der Waals surface area contributed by atoms with Gasteiger partial charge in [-0.15, -0.1) is 24.5 Å². The zero-order valence-electron chi connectivity index (χ0n) is 11.8.